The Balaban J connectivity index is 2.18. The van der Waals surface area contributed by atoms with Crippen LogP contribution in [0.4, 0.5) is 0 Å². The fourth-order valence-corrected chi connectivity index (χ4v) is 2.50. The molecule has 1 amide bonds. The van der Waals surface area contributed by atoms with Crippen molar-refractivity contribution < 1.29 is 9.53 Å². The Bertz CT molecular complexity index is 572. The Hall–Kier alpha value is -1.81. The monoisotopic (exact) mass is 333 g/mol. The number of benzene rings is 2. The van der Waals surface area contributed by atoms with Gasteiger partial charge in [0.15, 0.2) is 0 Å². The maximum atomic E-state index is 12.4. The number of alkyl halides is 1. The van der Waals surface area contributed by atoms with E-state index in [1.807, 2.05) is 42.5 Å². The molecule has 0 spiro atoms. The molecule has 0 aliphatic rings. The molecule has 1 unspecified atom stereocenters. The van der Waals surface area contributed by atoms with Crippen LogP contribution in [0, 0.1) is 0 Å². The quantitative estimate of drug-likeness (QED) is 0.849. The summed E-state index contributed by atoms with van der Waals surface area (Å²) in [5.74, 6) is 0.433. The second kappa shape index (κ2) is 7.10. The van der Waals surface area contributed by atoms with Crippen LogP contribution < -0.4 is 10.1 Å². The molecule has 0 saturated heterocycles. The molecule has 104 valence electrons. The number of hydrogen-bond donors (Lipinski definition) is 1. The number of para-hydroxylation sites is 1. The van der Waals surface area contributed by atoms with Crippen molar-refractivity contribution in [2.45, 2.75) is 6.04 Å². The van der Waals surface area contributed by atoms with Crippen molar-refractivity contribution in [2.75, 3.05) is 12.4 Å². The van der Waals surface area contributed by atoms with E-state index in [2.05, 4.69) is 21.2 Å². The number of rotatable bonds is 5. The van der Waals surface area contributed by atoms with Gasteiger partial charge in [0.25, 0.3) is 5.91 Å². The molecule has 0 aromatic heterocycles. The number of amides is 1. The van der Waals surface area contributed by atoms with Crippen LogP contribution >= 0.6 is 15.9 Å². The Labute approximate surface area is 127 Å². The molecular formula is C16H16BrNO2. The van der Waals surface area contributed by atoms with Gasteiger partial charge < -0.3 is 10.1 Å². The van der Waals surface area contributed by atoms with E-state index >= 15 is 0 Å². The summed E-state index contributed by atoms with van der Waals surface area (Å²) in [5.41, 5.74) is 1.60. The number of halogens is 1. The van der Waals surface area contributed by atoms with E-state index in [1.165, 1.54) is 0 Å². The van der Waals surface area contributed by atoms with Crippen molar-refractivity contribution >= 4 is 21.8 Å². The summed E-state index contributed by atoms with van der Waals surface area (Å²) in [7, 11) is 1.56. The zero-order valence-corrected chi connectivity index (χ0v) is 12.8. The maximum absolute atomic E-state index is 12.4. The van der Waals surface area contributed by atoms with Gasteiger partial charge in [0, 0.05) is 5.33 Å². The van der Waals surface area contributed by atoms with Crippen molar-refractivity contribution in [3.8, 4) is 5.75 Å². The first-order valence-electron chi connectivity index (χ1n) is 6.31. The Morgan fingerprint density at radius 3 is 2.45 bits per heavy atom. The lowest BCUT2D eigenvalue weighted by atomic mass is 10.1. The lowest BCUT2D eigenvalue weighted by molar-refractivity contribution is 0.0937. The third-order valence-corrected chi connectivity index (χ3v) is 3.66. The highest BCUT2D eigenvalue weighted by molar-refractivity contribution is 9.09. The van der Waals surface area contributed by atoms with Gasteiger partial charge in [-0.1, -0.05) is 58.4 Å². The molecule has 0 aliphatic heterocycles. The van der Waals surface area contributed by atoms with E-state index in [4.69, 9.17) is 4.74 Å². The third kappa shape index (κ3) is 3.39. The lowest BCUT2D eigenvalue weighted by Crippen LogP contribution is -2.29. The zero-order valence-electron chi connectivity index (χ0n) is 11.2. The summed E-state index contributed by atoms with van der Waals surface area (Å²) in [6.07, 6.45) is 0. The van der Waals surface area contributed by atoms with Crippen LogP contribution in [0.2, 0.25) is 0 Å². The summed E-state index contributed by atoms with van der Waals surface area (Å²) in [6, 6.07) is 17.0. The number of hydrogen-bond acceptors (Lipinski definition) is 2. The standard InChI is InChI=1S/C16H16BrNO2/c1-20-15-10-6-5-9-13(15)16(19)18-14(11-17)12-7-3-2-4-8-12/h2-10,14H,11H2,1H3,(H,18,19). The molecule has 2 aromatic carbocycles. The lowest BCUT2D eigenvalue weighted by Gasteiger charge is -2.17. The molecule has 3 nitrogen and oxygen atoms in total. The number of methoxy groups -OCH3 is 1. The van der Waals surface area contributed by atoms with Crippen molar-refractivity contribution in [1.29, 1.82) is 0 Å². The van der Waals surface area contributed by atoms with Gasteiger partial charge in [0.05, 0.1) is 18.7 Å². The summed E-state index contributed by atoms with van der Waals surface area (Å²) in [4.78, 5) is 12.4. The summed E-state index contributed by atoms with van der Waals surface area (Å²) >= 11 is 3.44. The molecule has 0 bridgehead atoms. The smallest absolute Gasteiger partial charge is 0.255 e. The van der Waals surface area contributed by atoms with Crippen molar-refractivity contribution in [2.24, 2.45) is 0 Å². The fraction of sp³-hybridized carbons (Fsp3) is 0.188. The third-order valence-electron chi connectivity index (χ3n) is 3.01. The van der Waals surface area contributed by atoms with Gasteiger partial charge in [-0.15, -0.1) is 0 Å². The molecule has 2 rings (SSSR count). The van der Waals surface area contributed by atoms with Gasteiger partial charge in [-0.3, -0.25) is 4.79 Å². The fourth-order valence-electron chi connectivity index (χ4n) is 1.96. The van der Waals surface area contributed by atoms with Crippen molar-refractivity contribution in [3.63, 3.8) is 0 Å². The van der Waals surface area contributed by atoms with Gasteiger partial charge >= 0.3 is 0 Å². The molecule has 0 aliphatic carbocycles. The largest absolute Gasteiger partial charge is 0.496 e. The molecule has 1 atom stereocenters. The van der Waals surface area contributed by atoms with Crippen LogP contribution in [0.15, 0.2) is 54.6 Å². The Morgan fingerprint density at radius 1 is 1.15 bits per heavy atom. The molecule has 0 radical (unpaired) electrons. The van der Waals surface area contributed by atoms with E-state index in [0.717, 1.165) is 5.56 Å². The van der Waals surface area contributed by atoms with Crippen LogP contribution in [-0.4, -0.2) is 18.3 Å². The minimum Gasteiger partial charge on any atom is -0.496 e. The van der Waals surface area contributed by atoms with E-state index in [-0.39, 0.29) is 11.9 Å². The van der Waals surface area contributed by atoms with Crippen LogP contribution in [0.1, 0.15) is 22.0 Å². The summed E-state index contributed by atoms with van der Waals surface area (Å²) in [5, 5.41) is 3.66. The molecule has 2 aromatic rings. The van der Waals surface area contributed by atoms with Gasteiger partial charge in [-0.25, -0.2) is 0 Å². The van der Waals surface area contributed by atoms with Crippen LogP contribution in [-0.2, 0) is 0 Å². The Kier molecular flexibility index (Phi) is 5.18. The van der Waals surface area contributed by atoms with Crippen LogP contribution in [0.25, 0.3) is 0 Å². The summed E-state index contributed by atoms with van der Waals surface area (Å²) < 4.78 is 5.21. The minimum atomic E-state index is -0.143. The normalized spacial score (nSPS) is 11.7. The molecule has 4 heteroatoms. The topological polar surface area (TPSA) is 38.3 Å². The van der Waals surface area contributed by atoms with E-state index < -0.39 is 0 Å². The highest BCUT2D eigenvalue weighted by Crippen LogP contribution is 2.20. The molecule has 20 heavy (non-hydrogen) atoms. The first-order valence-corrected chi connectivity index (χ1v) is 7.43. The van der Waals surface area contributed by atoms with Crippen LogP contribution in [0.3, 0.4) is 0 Å². The average molecular weight is 334 g/mol. The average Bonchev–Trinajstić information content (AvgIpc) is 2.53. The van der Waals surface area contributed by atoms with E-state index in [0.29, 0.717) is 16.6 Å². The number of nitrogens with one attached hydrogen (secondary N) is 1. The maximum Gasteiger partial charge on any atom is 0.255 e. The number of carbonyl (C=O) groups is 1. The molecule has 1 N–H and O–H groups in total. The molecule has 0 fully saturated rings. The number of carbonyl (C=O) groups excluding carboxylic acids is 1. The van der Waals surface area contributed by atoms with E-state index in [1.54, 1.807) is 19.2 Å². The second-order valence-electron chi connectivity index (χ2n) is 4.29. The van der Waals surface area contributed by atoms with Gasteiger partial charge in [0.1, 0.15) is 5.75 Å². The second-order valence-corrected chi connectivity index (χ2v) is 4.94. The zero-order chi connectivity index (χ0) is 14.4. The van der Waals surface area contributed by atoms with Gasteiger partial charge in [0.2, 0.25) is 0 Å². The van der Waals surface area contributed by atoms with Gasteiger partial charge in [-0.2, -0.15) is 0 Å². The van der Waals surface area contributed by atoms with Crippen molar-refractivity contribution in [1.82, 2.24) is 5.32 Å². The molecule has 0 saturated carbocycles. The highest BCUT2D eigenvalue weighted by atomic mass is 79.9. The first-order chi connectivity index (χ1) is 9.76. The van der Waals surface area contributed by atoms with Crippen LogP contribution in [0.5, 0.6) is 5.75 Å². The highest BCUT2D eigenvalue weighted by Gasteiger charge is 2.17. The SMILES string of the molecule is COc1ccccc1C(=O)NC(CBr)c1ccccc1. The van der Waals surface area contributed by atoms with Crippen molar-refractivity contribution in [3.05, 3.63) is 65.7 Å². The predicted octanol–water partition coefficient (Wildman–Crippen LogP) is 3.56. The van der Waals surface area contributed by atoms with E-state index in [9.17, 15) is 4.79 Å². The molecular weight excluding hydrogens is 318 g/mol. The number of ether oxygens (including phenoxy) is 1. The summed E-state index contributed by atoms with van der Waals surface area (Å²) in [6.45, 7) is 0. The Morgan fingerprint density at radius 2 is 1.80 bits per heavy atom. The predicted molar refractivity (Wildman–Crippen MR) is 83.4 cm³/mol. The molecule has 0 heterocycles. The minimum absolute atomic E-state index is 0.0754. The van der Waals surface area contributed by atoms with Gasteiger partial charge in [-0.05, 0) is 17.7 Å². The first kappa shape index (κ1) is 14.6.